The predicted octanol–water partition coefficient (Wildman–Crippen LogP) is 3.28. The summed E-state index contributed by atoms with van der Waals surface area (Å²) < 4.78 is 5.35. The molecule has 2 N–H and O–H groups in total. The number of amides is 1. The van der Waals surface area contributed by atoms with E-state index in [4.69, 9.17) is 10.1 Å². The predicted molar refractivity (Wildman–Crippen MR) is 101 cm³/mol. The highest BCUT2D eigenvalue weighted by atomic mass is 16.5. The van der Waals surface area contributed by atoms with Crippen LogP contribution in [0.15, 0.2) is 42.5 Å². The average Bonchev–Trinajstić information content (AvgIpc) is 2.66. The molecule has 134 valence electrons. The minimum absolute atomic E-state index is 0.00613. The second kappa shape index (κ2) is 6.16. The maximum absolute atomic E-state index is 12.5. The van der Waals surface area contributed by atoms with Crippen LogP contribution in [0.5, 0.6) is 5.75 Å². The molecule has 1 saturated heterocycles. The molecule has 1 fully saturated rings. The lowest BCUT2D eigenvalue weighted by Crippen LogP contribution is -2.60. The molecule has 1 atom stereocenters. The molecular weight excluding hydrogens is 326 g/mol. The minimum atomic E-state index is -0.469. The zero-order chi connectivity index (χ0) is 18.3. The Hall–Kier alpha value is -2.82. The fourth-order valence-electron chi connectivity index (χ4n) is 4.11. The average molecular weight is 349 g/mol. The van der Waals surface area contributed by atoms with Gasteiger partial charge in [-0.05, 0) is 59.7 Å². The first kappa shape index (κ1) is 16.6. The summed E-state index contributed by atoms with van der Waals surface area (Å²) in [5.41, 5.74) is 4.13. The molecule has 1 aliphatic carbocycles. The first-order chi connectivity index (χ1) is 12.5. The van der Waals surface area contributed by atoms with Gasteiger partial charge >= 0.3 is 0 Å². The van der Waals surface area contributed by atoms with Gasteiger partial charge in [0.15, 0.2) is 5.96 Å². The molecular formula is C21H23N3O2. The Morgan fingerprint density at radius 1 is 1.19 bits per heavy atom. The molecule has 0 aromatic heterocycles. The SMILES string of the molecule is COc1cccc(-c2ccc3c(c2)[C@]2(CCC3)CC(=O)N(C)C(=N)N2)c1. The van der Waals surface area contributed by atoms with E-state index in [9.17, 15) is 4.79 Å². The summed E-state index contributed by atoms with van der Waals surface area (Å²) in [6.07, 6.45) is 3.28. The zero-order valence-corrected chi connectivity index (χ0v) is 15.1. The number of ether oxygens (including phenoxy) is 1. The van der Waals surface area contributed by atoms with Gasteiger partial charge in [-0.25, -0.2) is 0 Å². The molecule has 5 heteroatoms. The fourth-order valence-corrected chi connectivity index (χ4v) is 4.11. The molecule has 1 spiro atoms. The van der Waals surface area contributed by atoms with E-state index >= 15 is 0 Å². The van der Waals surface area contributed by atoms with Crippen LogP contribution in [0, 0.1) is 5.41 Å². The number of benzene rings is 2. The lowest BCUT2D eigenvalue weighted by atomic mass is 9.72. The molecule has 1 amide bonds. The quantitative estimate of drug-likeness (QED) is 0.874. The van der Waals surface area contributed by atoms with E-state index < -0.39 is 5.54 Å². The number of hydrogen-bond donors (Lipinski definition) is 2. The Labute approximate surface area is 153 Å². The maximum atomic E-state index is 12.5. The van der Waals surface area contributed by atoms with Gasteiger partial charge in [-0.15, -0.1) is 0 Å². The van der Waals surface area contributed by atoms with Gasteiger partial charge in [-0.1, -0.05) is 24.3 Å². The molecule has 0 radical (unpaired) electrons. The van der Waals surface area contributed by atoms with Gasteiger partial charge < -0.3 is 10.1 Å². The highest BCUT2D eigenvalue weighted by Gasteiger charge is 2.44. The monoisotopic (exact) mass is 349 g/mol. The fraction of sp³-hybridized carbons (Fsp3) is 0.333. The van der Waals surface area contributed by atoms with E-state index in [1.165, 1.54) is 10.5 Å². The van der Waals surface area contributed by atoms with Crippen molar-refractivity contribution in [1.29, 1.82) is 5.41 Å². The normalized spacial score (nSPS) is 22.2. The number of methoxy groups -OCH3 is 1. The summed E-state index contributed by atoms with van der Waals surface area (Å²) in [7, 11) is 3.32. The van der Waals surface area contributed by atoms with Crippen LogP contribution < -0.4 is 10.1 Å². The number of nitrogens with zero attached hydrogens (tertiary/aromatic N) is 1. The molecule has 0 bridgehead atoms. The van der Waals surface area contributed by atoms with Gasteiger partial charge in [0.05, 0.1) is 19.1 Å². The molecule has 0 saturated carbocycles. The van der Waals surface area contributed by atoms with Gasteiger partial charge in [-0.2, -0.15) is 0 Å². The van der Waals surface area contributed by atoms with Crippen molar-refractivity contribution in [3.63, 3.8) is 0 Å². The number of carbonyl (C=O) groups excluding carboxylic acids is 1. The number of carbonyl (C=O) groups is 1. The van der Waals surface area contributed by atoms with Gasteiger partial charge in [0.1, 0.15) is 5.75 Å². The maximum Gasteiger partial charge on any atom is 0.231 e. The molecule has 0 unspecified atom stereocenters. The molecule has 2 aromatic rings. The summed E-state index contributed by atoms with van der Waals surface area (Å²) >= 11 is 0. The van der Waals surface area contributed by atoms with Gasteiger partial charge in [0.25, 0.3) is 0 Å². The number of hydrogen-bond acceptors (Lipinski definition) is 3. The third-order valence-corrected chi connectivity index (χ3v) is 5.60. The second-order valence-electron chi connectivity index (χ2n) is 7.14. The molecule has 1 heterocycles. The summed E-state index contributed by atoms with van der Waals surface area (Å²) in [5, 5.41) is 11.5. The highest BCUT2D eigenvalue weighted by Crippen LogP contribution is 2.42. The number of guanidine groups is 1. The molecule has 5 nitrogen and oxygen atoms in total. The van der Waals surface area contributed by atoms with Crippen molar-refractivity contribution in [3.8, 4) is 16.9 Å². The summed E-state index contributed by atoms with van der Waals surface area (Å²) in [6, 6.07) is 14.5. The first-order valence-corrected chi connectivity index (χ1v) is 8.93. The third kappa shape index (κ3) is 2.64. The van der Waals surface area contributed by atoms with Gasteiger partial charge in [0, 0.05) is 7.05 Å². The van der Waals surface area contributed by atoms with E-state index in [0.29, 0.717) is 6.42 Å². The Kier molecular flexibility index (Phi) is 3.94. The smallest absolute Gasteiger partial charge is 0.231 e. The van der Waals surface area contributed by atoms with E-state index in [0.717, 1.165) is 41.7 Å². The Morgan fingerprint density at radius 3 is 2.77 bits per heavy atom. The number of rotatable bonds is 2. The first-order valence-electron chi connectivity index (χ1n) is 8.93. The zero-order valence-electron chi connectivity index (χ0n) is 15.1. The topological polar surface area (TPSA) is 65.4 Å². The van der Waals surface area contributed by atoms with E-state index in [-0.39, 0.29) is 11.9 Å². The van der Waals surface area contributed by atoms with Crippen molar-refractivity contribution in [2.75, 3.05) is 14.2 Å². The van der Waals surface area contributed by atoms with Crippen LogP contribution in [0.2, 0.25) is 0 Å². The molecule has 1 aliphatic heterocycles. The Morgan fingerprint density at radius 2 is 2.00 bits per heavy atom. The molecule has 26 heavy (non-hydrogen) atoms. The summed E-state index contributed by atoms with van der Waals surface area (Å²) in [5.74, 6) is 0.999. The number of nitrogens with one attached hydrogen (secondary N) is 2. The molecule has 2 aromatic carbocycles. The lowest BCUT2D eigenvalue weighted by molar-refractivity contribution is -0.129. The van der Waals surface area contributed by atoms with Crippen LogP contribution in [0.3, 0.4) is 0 Å². The van der Waals surface area contributed by atoms with E-state index in [1.54, 1.807) is 14.2 Å². The van der Waals surface area contributed by atoms with Crippen LogP contribution in [0.1, 0.15) is 30.4 Å². The van der Waals surface area contributed by atoms with Crippen molar-refractivity contribution in [1.82, 2.24) is 10.2 Å². The van der Waals surface area contributed by atoms with E-state index in [1.807, 2.05) is 18.2 Å². The van der Waals surface area contributed by atoms with Gasteiger partial charge in [-0.3, -0.25) is 15.1 Å². The minimum Gasteiger partial charge on any atom is -0.497 e. The molecule has 4 rings (SSSR count). The van der Waals surface area contributed by atoms with Crippen molar-refractivity contribution in [2.45, 2.75) is 31.2 Å². The Balaban J connectivity index is 1.80. The van der Waals surface area contributed by atoms with Gasteiger partial charge in [0.2, 0.25) is 5.91 Å². The van der Waals surface area contributed by atoms with Crippen LogP contribution in [-0.4, -0.2) is 30.9 Å². The highest BCUT2D eigenvalue weighted by molar-refractivity contribution is 5.99. The number of fused-ring (bicyclic) bond motifs is 2. The molecule has 2 aliphatic rings. The van der Waals surface area contributed by atoms with Crippen LogP contribution in [0.4, 0.5) is 0 Å². The van der Waals surface area contributed by atoms with Crippen LogP contribution in [-0.2, 0) is 16.8 Å². The largest absolute Gasteiger partial charge is 0.497 e. The Bertz CT molecular complexity index is 873. The van der Waals surface area contributed by atoms with Crippen LogP contribution in [0.25, 0.3) is 11.1 Å². The van der Waals surface area contributed by atoms with E-state index in [2.05, 4.69) is 29.6 Å². The van der Waals surface area contributed by atoms with Crippen molar-refractivity contribution in [3.05, 3.63) is 53.6 Å². The van der Waals surface area contributed by atoms with Crippen molar-refractivity contribution < 1.29 is 9.53 Å². The van der Waals surface area contributed by atoms with Crippen molar-refractivity contribution in [2.24, 2.45) is 0 Å². The summed E-state index contributed by atoms with van der Waals surface area (Å²) in [6.45, 7) is 0. The third-order valence-electron chi connectivity index (χ3n) is 5.60. The number of aryl methyl sites for hydroxylation is 1. The second-order valence-corrected chi connectivity index (χ2v) is 7.14. The summed E-state index contributed by atoms with van der Waals surface area (Å²) in [4.78, 5) is 13.8. The van der Waals surface area contributed by atoms with Crippen molar-refractivity contribution >= 4 is 11.9 Å². The standard InChI is InChI=1S/C21H23N3O2/c1-24-19(25)13-21(23-20(24)22)10-4-6-14-8-9-16(12-18(14)21)15-5-3-7-17(11-15)26-2/h3,5,7-9,11-12H,4,6,10,13H2,1-2H3,(H2,22,23)/t21-/m0/s1. The van der Waals surface area contributed by atoms with Crippen LogP contribution >= 0.6 is 0 Å². The lowest BCUT2D eigenvalue weighted by Gasteiger charge is -2.45.